The first-order chi connectivity index (χ1) is 56.6. The van der Waals surface area contributed by atoms with Crippen molar-refractivity contribution in [2.24, 2.45) is 0 Å². The standard InChI is InChI=1S/C24H22F3N5O.C22H20F2N4O2.C21H18F2N4O.C19H16F2N4OS/c25-16-1-2-19(20(27)6-16)22-4-3-21(28)23(30-22)7-24(33)32-9-14-5-18(29-8-15(14)10-32)13-31-11-17(26)12-31;1-30-12-15-4-2-13-10-28(11-21(13)26-15)22(29)9-20-18(25)6-7-19(27-20)16-5-3-14(23)8-17(16)24;1-12-6-13-10-27(11-14(13)9-25-12)21(28)8-20-18(24)4-5-19(26-20)16-3-2-15(22)7-17(16)23;1-10-23-17-8-25(9-18(17)27-10)19(26)7-16-14(22)4-5-15(24-16)12-3-2-11(20)6-13(12)21/h1-6,8,17H,7,9-13,28H2;2-8H,9-12,25H2,1H3;2-7,9H,8,10-11,24H2,1H3;2-6H,7-9,22H2,1H3. The number of hydrogen-bond acceptors (Lipinski definition) is 19. The van der Waals surface area contributed by atoms with Gasteiger partial charge in [-0.25, -0.2) is 44.5 Å². The maximum absolute atomic E-state index is 14.2. The predicted octanol–water partition coefficient (Wildman–Crippen LogP) is 13.3. The van der Waals surface area contributed by atoms with Gasteiger partial charge in [-0.1, -0.05) is 6.07 Å². The molecule has 13 heterocycles. The number of nitrogens with two attached hydrogens (primary N) is 4. The number of aryl methyl sites for hydroxylation is 2. The SMILES string of the molecule is COCc1ccc2c(n1)CN(C(=O)Cc1nc(-c3ccc(F)cc3F)ccc1N)C2.Cc1cc2c(cn1)CN(C(=O)Cc1nc(-c3ccc(F)cc3F)ccc1N)C2.Cc1nc2c(s1)CN(C(=O)Cc1nc(-c3ccc(F)cc3F)ccc1N)C2.Nc1ccc(-c2ccc(F)cc2F)nc1CC(=O)N1Cc2cnc(CN3CC(F)C3)cc2C1. The van der Waals surface area contributed by atoms with Gasteiger partial charge in [-0.2, -0.15) is 0 Å². The lowest BCUT2D eigenvalue weighted by Gasteiger charge is -2.33. The Balaban J connectivity index is 0.000000130. The lowest BCUT2D eigenvalue weighted by molar-refractivity contribution is -0.131. The number of alkyl halides is 1. The smallest absolute Gasteiger partial charge is 0.229 e. The monoisotopic (exact) mass is 1630 g/mol. The molecular formula is C86H76F9N17O5S. The Bertz CT molecular complexity index is 5870. The summed E-state index contributed by atoms with van der Waals surface area (Å²) in [6.45, 7) is 9.48. The molecule has 5 aliphatic heterocycles. The highest BCUT2D eigenvalue weighted by molar-refractivity contribution is 7.11. The molecule has 12 aromatic rings. The second-order valence-electron chi connectivity index (χ2n) is 28.9. The van der Waals surface area contributed by atoms with Gasteiger partial charge in [0, 0.05) is 129 Å². The third kappa shape index (κ3) is 19.1. The summed E-state index contributed by atoms with van der Waals surface area (Å²) in [4.78, 5) is 96.3. The minimum Gasteiger partial charge on any atom is -0.397 e. The molecule has 5 aliphatic rings. The summed E-state index contributed by atoms with van der Waals surface area (Å²) in [5.41, 5.74) is 38.1. The zero-order chi connectivity index (χ0) is 83.3. The van der Waals surface area contributed by atoms with Crippen LogP contribution in [-0.4, -0.2) is 114 Å². The maximum atomic E-state index is 14.2. The van der Waals surface area contributed by atoms with Gasteiger partial charge in [-0.15, -0.1) is 11.3 Å². The van der Waals surface area contributed by atoms with E-state index in [1.807, 2.05) is 43.0 Å². The maximum Gasteiger partial charge on any atom is 0.229 e. The van der Waals surface area contributed by atoms with E-state index < -0.39 is 52.7 Å². The van der Waals surface area contributed by atoms with E-state index in [0.717, 1.165) is 103 Å². The average Bonchev–Trinajstić information content (AvgIpc) is 1.53. The predicted molar refractivity (Wildman–Crippen MR) is 423 cm³/mol. The summed E-state index contributed by atoms with van der Waals surface area (Å²) in [6, 6.07) is 33.4. The number of carbonyl (C=O) groups is 4. The number of benzene rings is 4. The highest BCUT2D eigenvalue weighted by Crippen LogP contribution is 2.35. The number of aromatic nitrogens is 8. The van der Waals surface area contributed by atoms with E-state index >= 15 is 0 Å². The summed E-state index contributed by atoms with van der Waals surface area (Å²) in [5, 5.41) is 0.993. The summed E-state index contributed by atoms with van der Waals surface area (Å²) in [5.74, 6) is -6.11. The molecule has 0 bridgehead atoms. The zero-order valence-corrected chi connectivity index (χ0v) is 64.7. The number of halogens is 9. The van der Waals surface area contributed by atoms with Crippen LogP contribution >= 0.6 is 11.3 Å². The molecule has 0 aliphatic carbocycles. The highest BCUT2D eigenvalue weighted by atomic mass is 32.1. The van der Waals surface area contributed by atoms with E-state index in [1.165, 1.54) is 36.4 Å². The Hall–Kier alpha value is -13.1. The van der Waals surface area contributed by atoms with Crippen LogP contribution in [0.25, 0.3) is 45.0 Å². The minimum absolute atomic E-state index is 0.00286. The second-order valence-corrected chi connectivity index (χ2v) is 30.2. The molecular weight excluding hydrogens is 1550 g/mol. The second kappa shape index (κ2) is 35.2. The number of fused-ring (bicyclic) bond motifs is 4. The number of ether oxygens (including phenoxy) is 1. The molecule has 17 rings (SSSR count). The number of rotatable bonds is 16. The van der Waals surface area contributed by atoms with E-state index in [0.29, 0.717) is 141 Å². The van der Waals surface area contributed by atoms with Crippen molar-refractivity contribution in [1.29, 1.82) is 0 Å². The fraction of sp³-hybridized carbons (Fsp3) is 0.233. The fourth-order valence-electron chi connectivity index (χ4n) is 14.1. The van der Waals surface area contributed by atoms with Crippen molar-refractivity contribution in [2.45, 2.75) is 111 Å². The summed E-state index contributed by atoms with van der Waals surface area (Å²) in [6.07, 6.45) is 2.76. The van der Waals surface area contributed by atoms with Crippen LogP contribution in [0.1, 0.15) is 88.9 Å². The minimum atomic E-state index is -0.758. The van der Waals surface area contributed by atoms with Crippen molar-refractivity contribution in [3.63, 3.8) is 0 Å². The zero-order valence-electron chi connectivity index (χ0n) is 63.9. The van der Waals surface area contributed by atoms with E-state index in [-0.39, 0.29) is 77.3 Å². The largest absolute Gasteiger partial charge is 0.397 e. The average molecular weight is 1630 g/mol. The number of hydrogen-bond donors (Lipinski definition) is 4. The molecule has 0 spiro atoms. The first-order valence-corrected chi connectivity index (χ1v) is 38.1. The number of nitrogens with zero attached hydrogens (tertiary/aromatic N) is 13. The van der Waals surface area contributed by atoms with Crippen LogP contribution in [0.3, 0.4) is 0 Å². The Morgan fingerprint density at radius 3 is 1.18 bits per heavy atom. The number of amides is 4. The number of carbonyl (C=O) groups excluding carboxylic acids is 4. The van der Waals surface area contributed by atoms with Gasteiger partial charge < -0.3 is 47.3 Å². The van der Waals surface area contributed by atoms with Crippen LogP contribution in [-0.2, 0) is 115 Å². The molecule has 0 unspecified atom stereocenters. The Morgan fingerprint density at radius 2 is 0.780 bits per heavy atom. The Labute approximate surface area is 675 Å². The highest BCUT2D eigenvalue weighted by Gasteiger charge is 2.33. The summed E-state index contributed by atoms with van der Waals surface area (Å²) >= 11 is 1.59. The first kappa shape index (κ1) is 81.5. The lowest BCUT2D eigenvalue weighted by atomic mass is 10.1. The molecule has 4 amide bonds. The van der Waals surface area contributed by atoms with Gasteiger partial charge in [-0.3, -0.25) is 59.0 Å². The van der Waals surface area contributed by atoms with Crippen molar-refractivity contribution in [2.75, 3.05) is 43.1 Å². The Kier molecular flexibility index (Phi) is 24.3. The van der Waals surface area contributed by atoms with Gasteiger partial charge in [0.2, 0.25) is 23.6 Å². The van der Waals surface area contributed by atoms with Crippen molar-refractivity contribution in [1.82, 2.24) is 64.4 Å². The topological polar surface area (TPSA) is 301 Å². The van der Waals surface area contributed by atoms with Crippen molar-refractivity contribution < 1.29 is 63.4 Å². The van der Waals surface area contributed by atoms with Crippen molar-refractivity contribution in [3.05, 3.63) is 293 Å². The molecule has 0 saturated carbocycles. The molecule has 1 saturated heterocycles. The first-order valence-electron chi connectivity index (χ1n) is 37.2. The van der Waals surface area contributed by atoms with Crippen LogP contribution in [0, 0.1) is 60.4 Å². The third-order valence-electron chi connectivity index (χ3n) is 20.3. The molecule has 1 fully saturated rings. The molecule has 0 radical (unpaired) electrons. The van der Waals surface area contributed by atoms with Crippen LogP contribution in [0.15, 0.2) is 158 Å². The van der Waals surface area contributed by atoms with Gasteiger partial charge >= 0.3 is 0 Å². The fourth-order valence-corrected chi connectivity index (χ4v) is 15.1. The van der Waals surface area contributed by atoms with E-state index in [4.69, 9.17) is 27.7 Å². The van der Waals surface area contributed by atoms with E-state index in [1.54, 1.807) is 99.0 Å². The molecule has 4 aromatic carbocycles. The summed E-state index contributed by atoms with van der Waals surface area (Å²) in [7, 11) is 1.61. The molecule has 0 atom stereocenters. The van der Waals surface area contributed by atoms with Crippen LogP contribution in [0.4, 0.5) is 62.3 Å². The number of pyridine rings is 7. The number of anilines is 4. The Morgan fingerprint density at radius 1 is 0.407 bits per heavy atom. The van der Waals surface area contributed by atoms with Gasteiger partial charge in [0.15, 0.2) is 0 Å². The molecule has 8 N–H and O–H groups in total. The molecule has 22 nitrogen and oxygen atoms in total. The van der Waals surface area contributed by atoms with Crippen molar-refractivity contribution in [3.8, 4) is 45.0 Å². The van der Waals surface area contributed by atoms with E-state index in [9.17, 15) is 58.7 Å². The van der Waals surface area contributed by atoms with Gasteiger partial charge in [0.25, 0.3) is 0 Å². The lowest BCUT2D eigenvalue weighted by Crippen LogP contribution is -2.47. The third-order valence-corrected chi connectivity index (χ3v) is 21.3. The van der Waals surface area contributed by atoms with Crippen LogP contribution < -0.4 is 22.9 Å². The molecule has 8 aromatic heterocycles. The quantitative estimate of drug-likeness (QED) is 0.0653. The van der Waals surface area contributed by atoms with Crippen molar-refractivity contribution >= 4 is 57.7 Å². The molecule has 118 heavy (non-hydrogen) atoms. The van der Waals surface area contributed by atoms with Gasteiger partial charge in [-0.05, 0) is 157 Å². The number of thiazole rings is 1. The van der Waals surface area contributed by atoms with Gasteiger partial charge in [0.1, 0.15) is 52.7 Å². The number of nitrogen functional groups attached to an aromatic ring is 4. The normalized spacial score (nSPS) is 13.8. The van der Waals surface area contributed by atoms with Crippen LogP contribution in [0.2, 0.25) is 0 Å². The van der Waals surface area contributed by atoms with E-state index in [2.05, 4.69) is 39.9 Å². The molecule has 604 valence electrons. The number of likely N-dealkylation sites (tertiary alicyclic amines) is 1. The number of methoxy groups -OCH3 is 1. The van der Waals surface area contributed by atoms with Gasteiger partial charge in [0.05, 0.1) is 148 Å². The van der Waals surface area contributed by atoms with Crippen LogP contribution in [0.5, 0.6) is 0 Å². The molecule has 32 heteroatoms. The summed E-state index contributed by atoms with van der Waals surface area (Å²) < 4.78 is 127.